The maximum atomic E-state index is 11.0. The summed E-state index contributed by atoms with van der Waals surface area (Å²) in [6.07, 6.45) is 7.52. The molecule has 0 aliphatic heterocycles. The Kier molecular flexibility index (Phi) is 6.28. The van der Waals surface area contributed by atoms with Gasteiger partial charge in [0.2, 0.25) is 0 Å². The summed E-state index contributed by atoms with van der Waals surface area (Å²) < 4.78 is 0. The molecular weight excluding hydrogens is 314 g/mol. The van der Waals surface area contributed by atoms with Gasteiger partial charge in [0.05, 0.1) is 11.1 Å². The van der Waals surface area contributed by atoms with Crippen LogP contribution in [0.1, 0.15) is 37.7 Å². The largest absolute Gasteiger partial charge is 0.383 e. The van der Waals surface area contributed by atoms with Gasteiger partial charge in [0, 0.05) is 24.7 Å². The molecule has 1 fully saturated rings. The van der Waals surface area contributed by atoms with Crippen molar-refractivity contribution in [1.82, 2.24) is 10.7 Å². The molecule has 1 aliphatic carbocycles. The fraction of sp³-hybridized carbons (Fsp3) is 0.467. The Balaban J connectivity index is 1.90. The highest BCUT2D eigenvalue weighted by Crippen LogP contribution is 2.24. The Morgan fingerprint density at radius 2 is 2.13 bits per heavy atom. The topological polar surface area (TPSA) is 91.6 Å². The van der Waals surface area contributed by atoms with Gasteiger partial charge < -0.3 is 10.6 Å². The van der Waals surface area contributed by atoms with E-state index in [1.165, 1.54) is 31.5 Å². The molecule has 1 aromatic carbocycles. The molecule has 0 radical (unpaired) electrons. The minimum atomic E-state index is -0.425. The molecule has 0 saturated heterocycles. The standard InChI is InChI=1S/C15H21N5O2S/c1-16-13-8-7-11(9-14(13)20(21)22)10-17-19-15(23)18-12-5-3-2-4-6-12/h7-10,12,16H,2-6H2,1H3,(H2,18,19,23)/b17-10+. The second-order valence-electron chi connectivity index (χ2n) is 5.46. The number of rotatable bonds is 5. The Morgan fingerprint density at radius 3 is 2.78 bits per heavy atom. The highest BCUT2D eigenvalue weighted by Gasteiger charge is 2.14. The minimum absolute atomic E-state index is 0.0133. The molecule has 3 N–H and O–H groups in total. The van der Waals surface area contributed by atoms with Crippen LogP contribution in [0.4, 0.5) is 11.4 Å². The molecule has 1 saturated carbocycles. The van der Waals surface area contributed by atoms with Crippen LogP contribution in [0.3, 0.4) is 0 Å². The number of thiocarbonyl (C=S) groups is 1. The molecule has 0 spiro atoms. The SMILES string of the molecule is CNc1ccc(/C=N/NC(=S)NC2CCCCC2)cc1[N+](=O)[O-]. The summed E-state index contributed by atoms with van der Waals surface area (Å²) in [7, 11) is 1.65. The van der Waals surface area contributed by atoms with Crippen molar-refractivity contribution in [2.24, 2.45) is 5.10 Å². The average Bonchev–Trinajstić information content (AvgIpc) is 2.55. The van der Waals surface area contributed by atoms with E-state index in [9.17, 15) is 10.1 Å². The zero-order valence-electron chi connectivity index (χ0n) is 13.0. The van der Waals surface area contributed by atoms with Gasteiger partial charge in [0.1, 0.15) is 5.69 Å². The highest BCUT2D eigenvalue weighted by atomic mass is 32.1. The predicted molar refractivity (Wildman–Crippen MR) is 96.0 cm³/mol. The second kappa shape index (κ2) is 8.42. The highest BCUT2D eigenvalue weighted by molar-refractivity contribution is 7.80. The quantitative estimate of drug-likeness (QED) is 0.332. The van der Waals surface area contributed by atoms with Crippen LogP contribution in [-0.4, -0.2) is 29.3 Å². The lowest BCUT2D eigenvalue weighted by molar-refractivity contribution is -0.383. The van der Waals surface area contributed by atoms with Crippen molar-refractivity contribution in [3.63, 3.8) is 0 Å². The predicted octanol–water partition coefficient (Wildman–Crippen LogP) is 2.77. The minimum Gasteiger partial charge on any atom is -0.383 e. The Morgan fingerprint density at radius 1 is 1.39 bits per heavy atom. The number of nitro groups is 1. The number of anilines is 1. The van der Waals surface area contributed by atoms with Gasteiger partial charge in [-0.1, -0.05) is 25.3 Å². The third kappa shape index (κ3) is 5.17. The van der Waals surface area contributed by atoms with Crippen molar-refractivity contribution < 1.29 is 4.92 Å². The molecule has 1 aromatic rings. The summed E-state index contributed by atoms with van der Waals surface area (Å²) in [6.45, 7) is 0. The number of hydrogen-bond donors (Lipinski definition) is 3. The first kappa shape index (κ1) is 17.1. The smallest absolute Gasteiger partial charge is 0.292 e. The van der Waals surface area contributed by atoms with E-state index in [-0.39, 0.29) is 5.69 Å². The van der Waals surface area contributed by atoms with E-state index < -0.39 is 4.92 Å². The van der Waals surface area contributed by atoms with E-state index in [4.69, 9.17) is 12.2 Å². The van der Waals surface area contributed by atoms with Gasteiger partial charge in [-0.05, 0) is 31.1 Å². The molecular formula is C15H21N5O2S. The molecule has 0 unspecified atom stereocenters. The lowest BCUT2D eigenvalue weighted by Gasteiger charge is -2.23. The Bertz CT molecular complexity index is 600. The molecule has 7 nitrogen and oxygen atoms in total. The van der Waals surface area contributed by atoms with Gasteiger partial charge in [-0.2, -0.15) is 5.10 Å². The lowest BCUT2D eigenvalue weighted by Crippen LogP contribution is -2.40. The average molecular weight is 335 g/mol. The zero-order valence-corrected chi connectivity index (χ0v) is 13.9. The van der Waals surface area contributed by atoms with Crippen LogP contribution in [0.15, 0.2) is 23.3 Å². The second-order valence-corrected chi connectivity index (χ2v) is 5.87. The maximum Gasteiger partial charge on any atom is 0.292 e. The fourth-order valence-corrected chi connectivity index (χ4v) is 2.84. The number of hydrogen-bond acceptors (Lipinski definition) is 5. The van der Waals surface area contributed by atoms with Gasteiger partial charge in [0.15, 0.2) is 5.11 Å². The van der Waals surface area contributed by atoms with Crippen LogP contribution >= 0.6 is 12.2 Å². The van der Waals surface area contributed by atoms with Crippen molar-refractivity contribution in [3.05, 3.63) is 33.9 Å². The molecule has 0 amide bonds. The van der Waals surface area contributed by atoms with Gasteiger partial charge in [-0.15, -0.1) is 0 Å². The number of nitro benzene ring substituents is 1. The number of nitrogens with zero attached hydrogens (tertiary/aromatic N) is 2. The molecule has 0 atom stereocenters. The maximum absolute atomic E-state index is 11.0. The summed E-state index contributed by atoms with van der Waals surface area (Å²) in [5.74, 6) is 0. The van der Waals surface area contributed by atoms with Crippen LogP contribution < -0.4 is 16.1 Å². The van der Waals surface area contributed by atoms with Gasteiger partial charge >= 0.3 is 0 Å². The van der Waals surface area contributed by atoms with E-state index in [2.05, 4.69) is 21.2 Å². The van der Waals surface area contributed by atoms with Crippen molar-refractivity contribution in [3.8, 4) is 0 Å². The molecule has 0 aromatic heterocycles. The van der Waals surface area contributed by atoms with E-state index >= 15 is 0 Å². The van der Waals surface area contributed by atoms with Crippen LogP contribution in [0, 0.1) is 10.1 Å². The first-order valence-electron chi connectivity index (χ1n) is 7.66. The fourth-order valence-electron chi connectivity index (χ4n) is 2.62. The van der Waals surface area contributed by atoms with E-state index in [1.54, 1.807) is 19.2 Å². The van der Waals surface area contributed by atoms with E-state index in [0.29, 0.717) is 22.4 Å². The molecule has 0 bridgehead atoms. The molecule has 1 aliphatic rings. The molecule has 23 heavy (non-hydrogen) atoms. The number of benzene rings is 1. The molecule has 124 valence electrons. The Hall–Kier alpha value is -2.22. The third-order valence-corrected chi connectivity index (χ3v) is 4.02. The van der Waals surface area contributed by atoms with Crippen molar-refractivity contribution >= 4 is 34.9 Å². The van der Waals surface area contributed by atoms with Gasteiger partial charge in [-0.3, -0.25) is 15.5 Å². The van der Waals surface area contributed by atoms with Crippen LogP contribution in [0.25, 0.3) is 0 Å². The first-order chi connectivity index (χ1) is 11.1. The molecule has 0 heterocycles. The Labute approximate surface area is 140 Å². The lowest BCUT2D eigenvalue weighted by atomic mass is 9.96. The van der Waals surface area contributed by atoms with E-state index in [1.807, 2.05) is 0 Å². The van der Waals surface area contributed by atoms with E-state index in [0.717, 1.165) is 12.8 Å². The van der Waals surface area contributed by atoms with Gasteiger partial charge in [0.25, 0.3) is 5.69 Å². The van der Waals surface area contributed by atoms with Gasteiger partial charge in [-0.25, -0.2) is 0 Å². The molecule has 2 rings (SSSR count). The number of hydrazone groups is 1. The monoisotopic (exact) mass is 335 g/mol. The summed E-state index contributed by atoms with van der Waals surface area (Å²) >= 11 is 5.20. The third-order valence-electron chi connectivity index (χ3n) is 3.81. The summed E-state index contributed by atoms with van der Waals surface area (Å²) in [4.78, 5) is 10.6. The summed E-state index contributed by atoms with van der Waals surface area (Å²) in [5, 5.41) is 21.6. The summed E-state index contributed by atoms with van der Waals surface area (Å²) in [5.41, 5.74) is 3.87. The van der Waals surface area contributed by atoms with Crippen molar-refractivity contribution in [2.45, 2.75) is 38.1 Å². The van der Waals surface area contributed by atoms with Crippen LogP contribution in [0.5, 0.6) is 0 Å². The first-order valence-corrected chi connectivity index (χ1v) is 8.06. The van der Waals surface area contributed by atoms with Crippen molar-refractivity contribution in [2.75, 3.05) is 12.4 Å². The normalized spacial score (nSPS) is 15.3. The van der Waals surface area contributed by atoms with Crippen LogP contribution in [0.2, 0.25) is 0 Å². The van der Waals surface area contributed by atoms with Crippen LogP contribution in [-0.2, 0) is 0 Å². The summed E-state index contributed by atoms with van der Waals surface area (Å²) in [6, 6.07) is 5.28. The number of nitrogens with one attached hydrogen (secondary N) is 3. The zero-order chi connectivity index (χ0) is 16.7. The molecule has 8 heteroatoms. The van der Waals surface area contributed by atoms with Crippen molar-refractivity contribution in [1.29, 1.82) is 0 Å².